The lowest BCUT2D eigenvalue weighted by Crippen LogP contribution is -2.07. The average Bonchev–Trinajstić information content (AvgIpc) is 2.15. The van der Waals surface area contributed by atoms with Crippen molar-refractivity contribution in [2.45, 2.75) is 16.8 Å². The predicted molar refractivity (Wildman–Crippen MR) is 55.9 cm³/mol. The Labute approximate surface area is 90.3 Å². The van der Waals surface area contributed by atoms with Crippen LogP contribution < -0.4 is 0 Å². The first kappa shape index (κ1) is 11.8. The summed E-state index contributed by atoms with van der Waals surface area (Å²) in [4.78, 5) is 0.253. The van der Waals surface area contributed by atoms with Crippen LogP contribution >= 0.6 is 24.4 Å². The number of benzene rings is 1. The Hall–Kier alpha value is -0.290. The molecule has 1 aromatic rings. The molecule has 14 heavy (non-hydrogen) atoms. The maximum absolute atomic E-state index is 12.5. The Morgan fingerprint density at radius 2 is 2.00 bits per heavy atom. The number of thioether (sulfide) groups is 1. The van der Waals surface area contributed by atoms with Crippen LogP contribution in [0.15, 0.2) is 23.1 Å². The fraction of sp³-hybridized carbons (Fsp3) is 0.333. The molecule has 0 unspecified atom stereocenters. The molecule has 78 valence electrons. The van der Waals surface area contributed by atoms with Gasteiger partial charge < -0.3 is 0 Å². The van der Waals surface area contributed by atoms with Crippen molar-refractivity contribution in [2.75, 3.05) is 6.26 Å². The zero-order valence-corrected chi connectivity index (χ0v) is 9.14. The molecular formula is C9H9F3S2. The molecule has 0 aliphatic carbocycles. The van der Waals surface area contributed by atoms with Gasteiger partial charge in [-0.2, -0.15) is 25.8 Å². The molecule has 0 radical (unpaired) electrons. The number of hydrogen-bond acceptors (Lipinski definition) is 2. The summed E-state index contributed by atoms with van der Waals surface area (Å²) in [5, 5.41) is 0. The zero-order valence-electron chi connectivity index (χ0n) is 7.43. The van der Waals surface area contributed by atoms with Crippen LogP contribution in [0, 0.1) is 0 Å². The van der Waals surface area contributed by atoms with Crippen molar-refractivity contribution in [3.05, 3.63) is 29.3 Å². The Morgan fingerprint density at radius 3 is 2.43 bits per heavy atom. The summed E-state index contributed by atoms with van der Waals surface area (Å²) in [5.41, 5.74) is 0.00927. The van der Waals surface area contributed by atoms with Gasteiger partial charge in [0.1, 0.15) is 0 Å². The van der Waals surface area contributed by atoms with Gasteiger partial charge in [0.05, 0.1) is 5.56 Å². The molecule has 0 saturated carbocycles. The van der Waals surface area contributed by atoms with E-state index in [2.05, 4.69) is 12.6 Å². The summed E-state index contributed by atoms with van der Waals surface area (Å²) in [7, 11) is 0. The molecule has 0 heterocycles. The lowest BCUT2D eigenvalue weighted by molar-refractivity contribution is -0.139. The molecular weight excluding hydrogens is 229 g/mol. The lowest BCUT2D eigenvalue weighted by atomic mass is 10.1. The van der Waals surface area contributed by atoms with Gasteiger partial charge in [0, 0.05) is 10.6 Å². The fourth-order valence-corrected chi connectivity index (χ4v) is 1.87. The number of alkyl halides is 3. The standard InChI is InChI=1S/C9H9F3S2/c1-14-8-3-2-6(5-13)4-7(8)9(10,11)12/h2-4,13H,5H2,1H3. The van der Waals surface area contributed by atoms with Gasteiger partial charge in [-0.3, -0.25) is 0 Å². The Kier molecular flexibility index (Phi) is 3.78. The highest BCUT2D eigenvalue weighted by atomic mass is 32.2. The molecule has 0 atom stereocenters. The fourth-order valence-electron chi connectivity index (χ4n) is 1.08. The van der Waals surface area contributed by atoms with E-state index in [0.29, 0.717) is 11.3 Å². The van der Waals surface area contributed by atoms with E-state index in [1.165, 1.54) is 6.07 Å². The highest BCUT2D eigenvalue weighted by molar-refractivity contribution is 7.98. The van der Waals surface area contributed by atoms with E-state index in [1.807, 2.05) is 0 Å². The van der Waals surface area contributed by atoms with Crippen molar-refractivity contribution >= 4 is 24.4 Å². The van der Waals surface area contributed by atoms with Gasteiger partial charge in [0.15, 0.2) is 0 Å². The van der Waals surface area contributed by atoms with E-state index in [1.54, 1.807) is 12.3 Å². The van der Waals surface area contributed by atoms with Gasteiger partial charge in [-0.15, -0.1) is 11.8 Å². The molecule has 0 fully saturated rings. The van der Waals surface area contributed by atoms with Crippen LogP contribution in [0.4, 0.5) is 13.2 Å². The first-order valence-corrected chi connectivity index (χ1v) is 5.69. The summed E-state index contributed by atoms with van der Waals surface area (Å²) in [6, 6.07) is 4.30. The monoisotopic (exact) mass is 238 g/mol. The van der Waals surface area contributed by atoms with Gasteiger partial charge >= 0.3 is 6.18 Å². The second-order valence-corrected chi connectivity index (χ2v) is 3.85. The summed E-state index contributed by atoms with van der Waals surface area (Å²) >= 11 is 5.04. The third kappa shape index (κ3) is 2.60. The van der Waals surface area contributed by atoms with Crippen LogP contribution in [0.3, 0.4) is 0 Å². The second kappa shape index (κ2) is 4.49. The van der Waals surface area contributed by atoms with Gasteiger partial charge in [0.2, 0.25) is 0 Å². The molecule has 0 saturated heterocycles. The number of rotatable bonds is 2. The normalized spacial score (nSPS) is 11.8. The van der Waals surface area contributed by atoms with E-state index in [4.69, 9.17) is 0 Å². The molecule has 0 amide bonds. The molecule has 0 N–H and O–H groups in total. The van der Waals surface area contributed by atoms with E-state index in [0.717, 1.165) is 17.8 Å². The second-order valence-electron chi connectivity index (χ2n) is 2.69. The predicted octanol–water partition coefficient (Wildman–Crippen LogP) is 3.86. The van der Waals surface area contributed by atoms with Crippen LogP contribution in [0.5, 0.6) is 0 Å². The number of hydrogen-bond donors (Lipinski definition) is 1. The van der Waals surface area contributed by atoms with E-state index < -0.39 is 11.7 Å². The maximum Gasteiger partial charge on any atom is 0.417 e. The number of thiol groups is 1. The molecule has 0 aliphatic heterocycles. The zero-order chi connectivity index (χ0) is 10.8. The van der Waals surface area contributed by atoms with Crippen LogP contribution in [0.25, 0.3) is 0 Å². The van der Waals surface area contributed by atoms with Crippen LogP contribution in [0.1, 0.15) is 11.1 Å². The number of halogens is 3. The third-order valence-corrected chi connectivity index (χ3v) is 2.91. The maximum atomic E-state index is 12.5. The quantitative estimate of drug-likeness (QED) is 0.603. The van der Waals surface area contributed by atoms with Crippen molar-refractivity contribution in [1.29, 1.82) is 0 Å². The van der Waals surface area contributed by atoms with Crippen molar-refractivity contribution in [2.24, 2.45) is 0 Å². The first-order valence-electron chi connectivity index (χ1n) is 3.84. The van der Waals surface area contributed by atoms with Gasteiger partial charge in [-0.25, -0.2) is 0 Å². The molecule has 0 aliphatic rings. The summed E-state index contributed by atoms with van der Waals surface area (Å²) < 4.78 is 37.5. The van der Waals surface area contributed by atoms with Crippen LogP contribution in [0.2, 0.25) is 0 Å². The smallest absolute Gasteiger partial charge is 0.175 e. The lowest BCUT2D eigenvalue weighted by Gasteiger charge is -2.12. The summed E-state index contributed by atoms with van der Waals surface area (Å²) in [5.74, 6) is 0.317. The molecule has 5 heteroatoms. The van der Waals surface area contributed by atoms with Gasteiger partial charge in [-0.1, -0.05) is 6.07 Å². The average molecular weight is 238 g/mol. The largest absolute Gasteiger partial charge is 0.417 e. The van der Waals surface area contributed by atoms with Crippen molar-refractivity contribution in [1.82, 2.24) is 0 Å². The Morgan fingerprint density at radius 1 is 1.36 bits per heavy atom. The van der Waals surface area contributed by atoms with Crippen molar-refractivity contribution in [3.8, 4) is 0 Å². The molecule has 1 rings (SSSR count). The molecule has 0 bridgehead atoms. The topological polar surface area (TPSA) is 0 Å². The molecule has 0 nitrogen and oxygen atoms in total. The van der Waals surface area contributed by atoms with Crippen molar-refractivity contribution < 1.29 is 13.2 Å². The summed E-state index contributed by atoms with van der Waals surface area (Å²) in [6.07, 6.45) is -2.65. The highest BCUT2D eigenvalue weighted by Gasteiger charge is 2.33. The van der Waals surface area contributed by atoms with Crippen molar-refractivity contribution in [3.63, 3.8) is 0 Å². The SMILES string of the molecule is CSc1ccc(CS)cc1C(F)(F)F. The van der Waals surface area contributed by atoms with E-state index >= 15 is 0 Å². The minimum absolute atomic E-state index is 0.253. The Bertz CT molecular complexity index is 320. The minimum Gasteiger partial charge on any atom is -0.175 e. The van der Waals surface area contributed by atoms with Crippen LogP contribution in [-0.4, -0.2) is 6.26 Å². The molecule has 0 aromatic heterocycles. The highest BCUT2D eigenvalue weighted by Crippen LogP contribution is 2.36. The van der Waals surface area contributed by atoms with E-state index in [9.17, 15) is 13.2 Å². The minimum atomic E-state index is -4.28. The van der Waals surface area contributed by atoms with Gasteiger partial charge in [-0.05, 0) is 24.0 Å². The molecule has 1 aromatic carbocycles. The molecule has 0 spiro atoms. The Balaban J connectivity index is 3.22. The summed E-state index contributed by atoms with van der Waals surface area (Å²) in [6.45, 7) is 0. The van der Waals surface area contributed by atoms with E-state index in [-0.39, 0.29) is 4.90 Å². The first-order chi connectivity index (χ1) is 6.49. The third-order valence-electron chi connectivity index (χ3n) is 1.75. The van der Waals surface area contributed by atoms with Gasteiger partial charge in [0.25, 0.3) is 0 Å². The van der Waals surface area contributed by atoms with Crippen LogP contribution in [-0.2, 0) is 11.9 Å².